The standard InChI is InChI=1S/C16H15BrN2O3/c1-2-22-16(21)19-13-8-6-11(7-9-13)15(20)18-14-5-3-4-12(17)10-14/h3-10H,2H2,1H3,(H,18,20)(H,19,21). The third kappa shape index (κ3) is 4.60. The van der Waals surface area contributed by atoms with Gasteiger partial charge in [0.15, 0.2) is 0 Å². The second-order valence-corrected chi connectivity index (χ2v) is 5.30. The molecule has 0 saturated carbocycles. The van der Waals surface area contributed by atoms with E-state index >= 15 is 0 Å². The molecule has 0 fully saturated rings. The summed E-state index contributed by atoms with van der Waals surface area (Å²) in [6, 6.07) is 13.9. The summed E-state index contributed by atoms with van der Waals surface area (Å²) in [6.45, 7) is 2.04. The van der Waals surface area contributed by atoms with Gasteiger partial charge in [0.2, 0.25) is 0 Å². The van der Waals surface area contributed by atoms with Crippen molar-refractivity contribution in [2.24, 2.45) is 0 Å². The Morgan fingerprint density at radius 1 is 1.05 bits per heavy atom. The second kappa shape index (κ2) is 7.61. The van der Waals surface area contributed by atoms with Crippen LogP contribution in [0.1, 0.15) is 17.3 Å². The Bertz CT molecular complexity index is 671. The minimum Gasteiger partial charge on any atom is -0.450 e. The molecule has 6 heteroatoms. The van der Waals surface area contributed by atoms with Crippen LogP contribution in [0.15, 0.2) is 53.0 Å². The zero-order valence-electron chi connectivity index (χ0n) is 11.9. The smallest absolute Gasteiger partial charge is 0.411 e. The molecule has 22 heavy (non-hydrogen) atoms. The van der Waals surface area contributed by atoms with Gasteiger partial charge in [-0.05, 0) is 49.4 Å². The lowest BCUT2D eigenvalue weighted by molar-refractivity contribution is 0.102. The van der Waals surface area contributed by atoms with E-state index in [9.17, 15) is 9.59 Å². The fourth-order valence-corrected chi connectivity index (χ4v) is 2.16. The maximum atomic E-state index is 12.1. The maximum Gasteiger partial charge on any atom is 0.411 e. The Balaban J connectivity index is 2.00. The van der Waals surface area contributed by atoms with Crippen LogP contribution >= 0.6 is 15.9 Å². The molecule has 0 aromatic heterocycles. The molecule has 0 aliphatic carbocycles. The maximum absolute atomic E-state index is 12.1. The Hall–Kier alpha value is -2.34. The number of nitrogens with one attached hydrogen (secondary N) is 2. The lowest BCUT2D eigenvalue weighted by Gasteiger charge is -2.08. The van der Waals surface area contributed by atoms with Crippen molar-refractivity contribution < 1.29 is 14.3 Å². The fraction of sp³-hybridized carbons (Fsp3) is 0.125. The molecule has 0 aliphatic rings. The summed E-state index contributed by atoms with van der Waals surface area (Å²) in [5, 5.41) is 5.37. The molecule has 0 radical (unpaired) electrons. The van der Waals surface area contributed by atoms with Gasteiger partial charge in [0.05, 0.1) is 6.61 Å². The van der Waals surface area contributed by atoms with Crippen LogP contribution in [0.5, 0.6) is 0 Å². The van der Waals surface area contributed by atoms with Gasteiger partial charge in [0.25, 0.3) is 5.91 Å². The van der Waals surface area contributed by atoms with Gasteiger partial charge in [0.1, 0.15) is 0 Å². The lowest BCUT2D eigenvalue weighted by Crippen LogP contribution is -2.14. The number of anilines is 2. The highest BCUT2D eigenvalue weighted by atomic mass is 79.9. The topological polar surface area (TPSA) is 67.4 Å². The summed E-state index contributed by atoms with van der Waals surface area (Å²) in [5.41, 5.74) is 1.76. The molecule has 0 heterocycles. The van der Waals surface area contributed by atoms with Gasteiger partial charge in [0, 0.05) is 21.4 Å². The minimum atomic E-state index is -0.520. The minimum absolute atomic E-state index is 0.221. The molecule has 5 nitrogen and oxygen atoms in total. The second-order valence-electron chi connectivity index (χ2n) is 4.39. The number of hydrogen-bond acceptors (Lipinski definition) is 3. The predicted octanol–water partition coefficient (Wildman–Crippen LogP) is 4.27. The van der Waals surface area contributed by atoms with E-state index in [0.717, 1.165) is 4.47 Å². The molecule has 0 bridgehead atoms. The first-order valence-corrected chi connectivity index (χ1v) is 7.48. The lowest BCUT2D eigenvalue weighted by atomic mass is 10.2. The van der Waals surface area contributed by atoms with Crippen LogP contribution in [0.4, 0.5) is 16.2 Å². The van der Waals surface area contributed by atoms with E-state index in [2.05, 4.69) is 26.6 Å². The highest BCUT2D eigenvalue weighted by Crippen LogP contribution is 2.17. The van der Waals surface area contributed by atoms with Crippen molar-refractivity contribution in [1.82, 2.24) is 0 Å². The van der Waals surface area contributed by atoms with E-state index in [1.54, 1.807) is 37.3 Å². The zero-order valence-corrected chi connectivity index (χ0v) is 13.5. The molecule has 2 aromatic rings. The molecule has 2 aromatic carbocycles. The molecule has 0 unspecified atom stereocenters. The van der Waals surface area contributed by atoms with Gasteiger partial charge in [-0.1, -0.05) is 22.0 Å². The summed E-state index contributed by atoms with van der Waals surface area (Å²) < 4.78 is 5.67. The number of benzene rings is 2. The van der Waals surface area contributed by atoms with Gasteiger partial charge in [-0.25, -0.2) is 4.79 Å². The van der Waals surface area contributed by atoms with Gasteiger partial charge in [-0.15, -0.1) is 0 Å². The number of rotatable bonds is 4. The molecule has 0 spiro atoms. The van der Waals surface area contributed by atoms with Crippen molar-refractivity contribution in [1.29, 1.82) is 0 Å². The van der Waals surface area contributed by atoms with Crippen molar-refractivity contribution in [2.45, 2.75) is 6.92 Å². The highest BCUT2D eigenvalue weighted by molar-refractivity contribution is 9.10. The first-order chi connectivity index (χ1) is 10.6. The summed E-state index contributed by atoms with van der Waals surface area (Å²) in [6.07, 6.45) is -0.520. The SMILES string of the molecule is CCOC(=O)Nc1ccc(C(=O)Nc2cccc(Br)c2)cc1. The zero-order chi connectivity index (χ0) is 15.9. The number of hydrogen-bond donors (Lipinski definition) is 2. The molecular formula is C16H15BrN2O3. The third-order valence-electron chi connectivity index (χ3n) is 2.75. The number of carbonyl (C=O) groups excluding carboxylic acids is 2. The largest absolute Gasteiger partial charge is 0.450 e. The van der Waals surface area contributed by atoms with Crippen LogP contribution in [0.25, 0.3) is 0 Å². The van der Waals surface area contributed by atoms with Crippen molar-refractivity contribution in [3.8, 4) is 0 Å². The monoisotopic (exact) mass is 362 g/mol. The Labute approximate surface area is 136 Å². The summed E-state index contributed by atoms with van der Waals surface area (Å²) in [4.78, 5) is 23.4. The van der Waals surface area contributed by atoms with Crippen molar-refractivity contribution in [3.05, 3.63) is 58.6 Å². The van der Waals surface area contributed by atoms with E-state index in [0.29, 0.717) is 23.5 Å². The average molecular weight is 363 g/mol. The number of amides is 2. The molecular weight excluding hydrogens is 348 g/mol. The molecule has 0 aliphatic heterocycles. The van der Waals surface area contributed by atoms with Gasteiger partial charge < -0.3 is 10.1 Å². The van der Waals surface area contributed by atoms with Crippen LogP contribution in [0, 0.1) is 0 Å². The van der Waals surface area contributed by atoms with Gasteiger partial charge >= 0.3 is 6.09 Å². The van der Waals surface area contributed by atoms with E-state index in [1.165, 1.54) is 0 Å². The van der Waals surface area contributed by atoms with Crippen LogP contribution < -0.4 is 10.6 Å². The van der Waals surface area contributed by atoms with E-state index in [1.807, 2.05) is 18.2 Å². The van der Waals surface area contributed by atoms with Crippen LogP contribution in [-0.2, 0) is 4.74 Å². The van der Waals surface area contributed by atoms with E-state index in [4.69, 9.17) is 4.74 Å². The normalized spacial score (nSPS) is 9.91. The number of carbonyl (C=O) groups is 2. The van der Waals surface area contributed by atoms with E-state index < -0.39 is 6.09 Å². The quantitative estimate of drug-likeness (QED) is 0.853. The van der Waals surface area contributed by atoms with Crippen LogP contribution in [-0.4, -0.2) is 18.6 Å². The predicted molar refractivity (Wildman–Crippen MR) is 89.2 cm³/mol. The Morgan fingerprint density at radius 2 is 1.77 bits per heavy atom. The summed E-state index contributed by atoms with van der Waals surface area (Å²) >= 11 is 3.35. The molecule has 114 valence electrons. The summed E-state index contributed by atoms with van der Waals surface area (Å²) in [7, 11) is 0. The van der Waals surface area contributed by atoms with Gasteiger partial charge in [-0.3, -0.25) is 10.1 Å². The molecule has 0 atom stereocenters. The van der Waals surface area contributed by atoms with Crippen LogP contribution in [0.2, 0.25) is 0 Å². The summed E-state index contributed by atoms with van der Waals surface area (Å²) in [5.74, 6) is -0.221. The first-order valence-electron chi connectivity index (χ1n) is 6.69. The van der Waals surface area contributed by atoms with Crippen molar-refractivity contribution in [3.63, 3.8) is 0 Å². The highest BCUT2D eigenvalue weighted by Gasteiger charge is 2.07. The van der Waals surface area contributed by atoms with E-state index in [-0.39, 0.29) is 5.91 Å². The first kappa shape index (κ1) is 16.0. The molecule has 2 rings (SSSR count). The van der Waals surface area contributed by atoms with Gasteiger partial charge in [-0.2, -0.15) is 0 Å². The number of halogens is 1. The molecule has 2 N–H and O–H groups in total. The molecule has 0 saturated heterocycles. The van der Waals surface area contributed by atoms with Crippen molar-refractivity contribution >= 4 is 39.3 Å². The van der Waals surface area contributed by atoms with Crippen molar-refractivity contribution in [2.75, 3.05) is 17.2 Å². The Kier molecular flexibility index (Phi) is 5.55. The average Bonchev–Trinajstić information content (AvgIpc) is 2.48. The molecule has 2 amide bonds. The van der Waals surface area contributed by atoms with Crippen LogP contribution in [0.3, 0.4) is 0 Å². The third-order valence-corrected chi connectivity index (χ3v) is 3.24. The fourth-order valence-electron chi connectivity index (χ4n) is 1.76. The number of ether oxygens (including phenoxy) is 1. The Morgan fingerprint density at radius 3 is 2.41 bits per heavy atom.